The molecule has 0 saturated carbocycles. The average Bonchev–Trinajstić information content (AvgIpc) is 3.85. The van der Waals surface area contributed by atoms with Crippen molar-refractivity contribution in [2.75, 3.05) is 0 Å². The number of aromatic nitrogens is 5. The second-order valence-corrected chi connectivity index (χ2v) is 14.3. The van der Waals surface area contributed by atoms with Crippen molar-refractivity contribution in [3.8, 4) is 45.3 Å². The zero-order chi connectivity index (χ0) is 36.7. The number of hydrogen-bond acceptors (Lipinski definition) is 5. The lowest BCUT2D eigenvalue weighted by Crippen LogP contribution is -2.00. The van der Waals surface area contributed by atoms with Crippen molar-refractivity contribution in [2.45, 2.75) is 0 Å². The first-order valence-corrected chi connectivity index (χ1v) is 18.7. The molecule has 6 heteroatoms. The van der Waals surface area contributed by atoms with Crippen molar-refractivity contribution in [3.05, 3.63) is 176 Å². The third-order valence-electron chi connectivity index (χ3n) is 11.0. The van der Waals surface area contributed by atoms with E-state index in [1.807, 2.05) is 66.7 Å². The molecule has 260 valence electrons. The minimum Gasteiger partial charge on any atom is -0.456 e. The summed E-state index contributed by atoms with van der Waals surface area (Å²) in [6, 6.07) is 59.0. The molecule has 0 radical (unpaired) electrons. The Labute approximate surface area is 320 Å². The van der Waals surface area contributed by atoms with E-state index in [0.29, 0.717) is 17.5 Å². The average molecular weight is 716 g/mol. The number of fused-ring (bicyclic) bond motifs is 13. The van der Waals surface area contributed by atoms with Crippen molar-refractivity contribution >= 4 is 70.9 Å². The van der Waals surface area contributed by atoms with Gasteiger partial charge in [0.15, 0.2) is 17.5 Å². The van der Waals surface area contributed by atoms with Crippen LogP contribution in [0.5, 0.6) is 0 Å². The summed E-state index contributed by atoms with van der Waals surface area (Å²) in [4.78, 5) is 20.2. The molecule has 4 heterocycles. The van der Waals surface area contributed by atoms with Crippen molar-refractivity contribution in [2.24, 2.45) is 0 Å². The second-order valence-electron chi connectivity index (χ2n) is 14.3. The van der Waals surface area contributed by atoms with Gasteiger partial charge >= 0.3 is 0 Å². The quantitative estimate of drug-likeness (QED) is 0.170. The largest absolute Gasteiger partial charge is 0.456 e. The monoisotopic (exact) mass is 715 g/mol. The number of hydrogen-bond donors (Lipinski definition) is 0. The summed E-state index contributed by atoms with van der Waals surface area (Å²) >= 11 is 0. The fourth-order valence-corrected chi connectivity index (χ4v) is 8.36. The summed E-state index contributed by atoms with van der Waals surface area (Å²) < 4.78 is 8.33. The van der Waals surface area contributed by atoms with Crippen LogP contribution in [0.25, 0.3) is 116 Å². The Morgan fingerprint density at radius 1 is 0.375 bits per heavy atom. The zero-order valence-corrected chi connectivity index (χ0v) is 29.9. The number of nitrogens with zero attached hydrogens (tertiary/aromatic N) is 5. The van der Waals surface area contributed by atoms with Gasteiger partial charge in [-0.25, -0.2) is 19.9 Å². The number of pyridine rings is 1. The zero-order valence-electron chi connectivity index (χ0n) is 29.9. The van der Waals surface area contributed by atoms with E-state index in [1.165, 1.54) is 26.9 Å². The molecule has 0 aliphatic rings. The minimum atomic E-state index is 0.609. The van der Waals surface area contributed by atoms with Gasteiger partial charge in [0.25, 0.3) is 0 Å². The number of para-hydroxylation sites is 1. The van der Waals surface area contributed by atoms with Gasteiger partial charge in [0.2, 0.25) is 0 Å². The highest BCUT2D eigenvalue weighted by Gasteiger charge is 2.18. The van der Waals surface area contributed by atoms with Gasteiger partial charge in [0.05, 0.1) is 11.0 Å². The predicted octanol–water partition coefficient (Wildman–Crippen LogP) is 12.7. The molecule has 6 nitrogen and oxygen atoms in total. The molecule has 4 aromatic heterocycles. The first kappa shape index (κ1) is 30.7. The Morgan fingerprint density at radius 3 is 1.86 bits per heavy atom. The van der Waals surface area contributed by atoms with E-state index in [0.717, 1.165) is 71.8 Å². The highest BCUT2D eigenvalue weighted by atomic mass is 16.3. The molecule has 0 unspecified atom stereocenters. The van der Waals surface area contributed by atoms with Crippen molar-refractivity contribution in [1.82, 2.24) is 24.3 Å². The first-order chi connectivity index (χ1) is 27.7. The van der Waals surface area contributed by atoms with Gasteiger partial charge in [0.1, 0.15) is 16.8 Å². The van der Waals surface area contributed by atoms with Crippen LogP contribution in [-0.4, -0.2) is 24.3 Å². The van der Waals surface area contributed by atoms with Crippen LogP contribution in [0.1, 0.15) is 0 Å². The second kappa shape index (κ2) is 11.9. The van der Waals surface area contributed by atoms with E-state index in [1.54, 1.807) is 0 Å². The summed E-state index contributed by atoms with van der Waals surface area (Å²) in [6.07, 6.45) is 2.11. The molecule has 8 aromatic carbocycles. The predicted molar refractivity (Wildman–Crippen MR) is 228 cm³/mol. The van der Waals surface area contributed by atoms with Gasteiger partial charge < -0.3 is 4.42 Å². The number of benzene rings is 8. The summed E-state index contributed by atoms with van der Waals surface area (Å²) in [5.41, 5.74) is 9.76. The summed E-state index contributed by atoms with van der Waals surface area (Å²) in [7, 11) is 0. The Bertz CT molecular complexity index is 3530. The molecule has 0 aliphatic heterocycles. The molecule has 0 amide bonds. The molecular formula is C50H29N5O. The van der Waals surface area contributed by atoms with Crippen molar-refractivity contribution in [3.63, 3.8) is 0 Å². The van der Waals surface area contributed by atoms with Gasteiger partial charge in [-0.05, 0) is 75.1 Å². The van der Waals surface area contributed by atoms with Crippen LogP contribution < -0.4 is 0 Å². The lowest BCUT2D eigenvalue weighted by Gasteiger charge is -2.13. The summed E-state index contributed by atoms with van der Waals surface area (Å²) in [5, 5.41) is 9.29. The standard InChI is InChI=1S/C50H29N5O/c1-2-11-32(12-3-1)48-52-49(54-50(53-48)35-23-26-43-40(29-35)37-14-6-7-15-42(37)56-43)33-19-17-30(18-20-33)34-22-24-38-41(28-34)45-36-13-5-4-10-31(36)21-25-39(45)46-47(38)55-27-9-8-16-44(55)51-46/h1-29H. The smallest absolute Gasteiger partial charge is 0.164 e. The van der Waals surface area contributed by atoms with Crippen molar-refractivity contribution < 1.29 is 4.42 Å². The van der Waals surface area contributed by atoms with Crippen LogP contribution in [0, 0.1) is 0 Å². The third kappa shape index (κ3) is 4.69. The SMILES string of the molecule is c1ccc(-c2nc(-c3ccc(-c4ccc5c(c4)c4c6ccccc6ccc4c4nc6ccccn6c54)cc3)nc(-c3ccc4oc5ccccc5c4c3)n2)cc1. The number of imidazole rings is 1. The van der Waals surface area contributed by atoms with E-state index >= 15 is 0 Å². The molecule has 0 spiro atoms. The fraction of sp³-hybridized carbons (Fsp3) is 0. The molecule has 0 N–H and O–H groups in total. The highest BCUT2D eigenvalue weighted by Crippen LogP contribution is 2.41. The van der Waals surface area contributed by atoms with Crippen LogP contribution in [-0.2, 0) is 0 Å². The fourth-order valence-electron chi connectivity index (χ4n) is 8.36. The Hall–Kier alpha value is -7.70. The maximum atomic E-state index is 6.12. The van der Waals surface area contributed by atoms with Gasteiger partial charge in [0, 0.05) is 44.4 Å². The van der Waals surface area contributed by atoms with Crippen LogP contribution in [0.15, 0.2) is 180 Å². The maximum absolute atomic E-state index is 6.12. The Kier molecular flexibility index (Phi) is 6.53. The van der Waals surface area contributed by atoms with Crippen LogP contribution in [0.4, 0.5) is 0 Å². The van der Waals surface area contributed by atoms with Crippen LogP contribution in [0.2, 0.25) is 0 Å². The molecular weight excluding hydrogens is 687 g/mol. The van der Waals surface area contributed by atoms with E-state index in [-0.39, 0.29) is 0 Å². The van der Waals surface area contributed by atoms with E-state index in [4.69, 9.17) is 24.4 Å². The number of furan rings is 1. The van der Waals surface area contributed by atoms with Gasteiger partial charge in [-0.2, -0.15) is 0 Å². The molecule has 12 rings (SSSR count). The summed E-state index contributed by atoms with van der Waals surface area (Å²) in [6.45, 7) is 0. The minimum absolute atomic E-state index is 0.609. The lowest BCUT2D eigenvalue weighted by atomic mass is 9.92. The van der Waals surface area contributed by atoms with Gasteiger partial charge in [-0.1, -0.05) is 127 Å². The molecule has 12 aromatic rings. The van der Waals surface area contributed by atoms with Crippen molar-refractivity contribution in [1.29, 1.82) is 0 Å². The van der Waals surface area contributed by atoms with Gasteiger partial charge in [-0.3, -0.25) is 4.40 Å². The Balaban J connectivity index is 1.01. The topological polar surface area (TPSA) is 69.1 Å². The lowest BCUT2D eigenvalue weighted by molar-refractivity contribution is 0.669. The normalized spacial score (nSPS) is 11.9. The summed E-state index contributed by atoms with van der Waals surface area (Å²) in [5.74, 6) is 1.85. The molecule has 0 atom stereocenters. The first-order valence-electron chi connectivity index (χ1n) is 18.7. The highest BCUT2D eigenvalue weighted by molar-refractivity contribution is 6.30. The molecule has 0 fully saturated rings. The maximum Gasteiger partial charge on any atom is 0.164 e. The van der Waals surface area contributed by atoms with Crippen LogP contribution >= 0.6 is 0 Å². The van der Waals surface area contributed by atoms with Crippen LogP contribution in [0.3, 0.4) is 0 Å². The Morgan fingerprint density at radius 2 is 1.00 bits per heavy atom. The molecule has 0 aliphatic carbocycles. The molecule has 0 saturated heterocycles. The van der Waals surface area contributed by atoms with E-state index < -0.39 is 0 Å². The molecule has 56 heavy (non-hydrogen) atoms. The van der Waals surface area contributed by atoms with E-state index in [2.05, 4.69) is 114 Å². The molecule has 0 bridgehead atoms. The number of rotatable bonds is 4. The third-order valence-corrected chi connectivity index (χ3v) is 11.0. The van der Waals surface area contributed by atoms with Gasteiger partial charge in [-0.15, -0.1) is 0 Å². The van der Waals surface area contributed by atoms with E-state index in [9.17, 15) is 0 Å².